The van der Waals surface area contributed by atoms with Crippen LogP contribution in [0.1, 0.15) is 47.1 Å². The first-order chi connectivity index (χ1) is 16.7. The van der Waals surface area contributed by atoms with Gasteiger partial charge in [0.05, 0.1) is 18.3 Å². The lowest BCUT2D eigenvalue weighted by atomic mass is 9.93. The molecule has 0 saturated carbocycles. The molecule has 2 aromatic heterocycles. The number of carbonyl (C=O) groups is 2. The van der Waals surface area contributed by atoms with Gasteiger partial charge in [-0.1, -0.05) is 18.6 Å². The first-order valence-corrected chi connectivity index (χ1v) is 11.7. The summed E-state index contributed by atoms with van der Waals surface area (Å²) in [6.45, 7) is 2.94. The van der Waals surface area contributed by atoms with Crippen molar-refractivity contribution >= 4 is 23.6 Å². The van der Waals surface area contributed by atoms with Gasteiger partial charge >= 0.3 is 0 Å². The number of carbonyl (C=O) groups excluding carboxylic acids is 2. The minimum atomic E-state index is -0.486. The van der Waals surface area contributed by atoms with Crippen LogP contribution in [0.2, 0.25) is 0 Å². The second-order valence-corrected chi connectivity index (χ2v) is 9.13. The Bertz CT molecular complexity index is 1220. The van der Waals surface area contributed by atoms with E-state index in [-0.39, 0.29) is 18.5 Å². The van der Waals surface area contributed by atoms with Gasteiger partial charge in [-0.15, -0.1) is 0 Å². The maximum Gasteiger partial charge on any atom is 0.248 e. The van der Waals surface area contributed by atoms with E-state index in [0.717, 1.165) is 48.3 Å². The lowest BCUT2D eigenvalue weighted by molar-refractivity contribution is -0.118. The molecule has 0 aliphatic carbocycles. The van der Waals surface area contributed by atoms with Crippen molar-refractivity contribution in [2.45, 2.75) is 32.2 Å². The summed E-state index contributed by atoms with van der Waals surface area (Å²) >= 11 is 0. The summed E-state index contributed by atoms with van der Waals surface area (Å²) in [5.74, 6) is 0.535. The van der Waals surface area contributed by atoms with Gasteiger partial charge in [0.1, 0.15) is 0 Å². The van der Waals surface area contributed by atoms with Gasteiger partial charge in [-0.25, -0.2) is 9.97 Å². The van der Waals surface area contributed by atoms with Crippen LogP contribution in [0.25, 0.3) is 11.1 Å². The summed E-state index contributed by atoms with van der Waals surface area (Å²) < 4.78 is 1.73. The molecule has 1 aliphatic heterocycles. The standard InChI is InChI=1S/C25H32N8O2/c1-16-12-21(30-32(16)4)28-22(34)15-33-11-6-5-10-20(33)23-19(14-27-25(29-23)31(2)3)17-8-7-9-18(13-17)24(26)35/h7-9,12-14,20H,5-6,10-11,15H2,1-4H3,(H2,26,35)(H,28,30,34)/t20-/m0/s1. The number of hydrogen-bond donors (Lipinski definition) is 2. The SMILES string of the molecule is Cc1cc(NC(=O)CN2CCCC[C@H]2c2nc(N(C)C)ncc2-c2cccc(C(N)=O)c2)nn1C. The molecule has 0 bridgehead atoms. The lowest BCUT2D eigenvalue weighted by Gasteiger charge is -2.36. The van der Waals surface area contributed by atoms with Crippen LogP contribution >= 0.6 is 0 Å². The van der Waals surface area contributed by atoms with Crippen molar-refractivity contribution in [3.05, 3.63) is 53.5 Å². The zero-order chi connectivity index (χ0) is 25.1. The maximum atomic E-state index is 12.9. The van der Waals surface area contributed by atoms with Crippen LogP contribution < -0.4 is 16.0 Å². The average Bonchev–Trinajstić information content (AvgIpc) is 3.15. The minimum Gasteiger partial charge on any atom is -0.366 e. The van der Waals surface area contributed by atoms with Crippen molar-refractivity contribution in [2.24, 2.45) is 12.8 Å². The Morgan fingerprint density at radius 1 is 1.23 bits per heavy atom. The lowest BCUT2D eigenvalue weighted by Crippen LogP contribution is -2.40. The van der Waals surface area contributed by atoms with Crippen molar-refractivity contribution in [3.8, 4) is 11.1 Å². The Hall–Kier alpha value is -3.79. The molecule has 3 N–H and O–H groups in total. The third-order valence-corrected chi connectivity index (χ3v) is 6.32. The molecular formula is C25H32N8O2. The van der Waals surface area contributed by atoms with Crippen molar-refractivity contribution in [3.63, 3.8) is 0 Å². The number of benzene rings is 1. The molecule has 1 saturated heterocycles. The highest BCUT2D eigenvalue weighted by atomic mass is 16.2. The molecule has 10 heteroatoms. The van der Waals surface area contributed by atoms with Gasteiger partial charge in [0.2, 0.25) is 17.8 Å². The molecule has 1 fully saturated rings. The van der Waals surface area contributed by atoms with Crippen LogP contribution in [0.3, 0.4) is 0 Å². The summed E-state index contributed by atoms with van der Waals surface area (Å²) in [5, 5.41) is 7.24. The summed E-state index contributed by atoms with van der Waals surface area (Å²) in [6, 6.07) is 8.96. The van der Waals surface area contributed by atoms with Crippen LogP contribution in [0.4, 0.5) is 11.8 Å². The summed E-state index contributed by atoms with van der Waals surface area (Å²) in [5.41, 5.74) is 9.40. The monoisotopic (exact) mass is 476 g/mol. The van der Waals surface area contributed by atoms with Crippen LogP contribution in [-0.2, 0) is 11.8 Å². The number of aryl methyl sites for hydroxylation is 2. The molecule has 0 radical (unpaired) electrons. The molecule has 1 aliphatic rings. The van der Waals surface area contributed by atoms with Crippen molar-refractivity contribution in [2.75, 3.05) is 37.4 Å². The van der Waals surface area contributed by atoms with E-state index < -0.39 is 5.91 Å². The number of nitrogens with two attached hydrogens (primary N) is 1. The second-order valence-electron chi connectivity index (χ2n) is 9.13. The Morgan fingerprint density at radius 3 is 2.71 bits per heavy atom. The van der Waals surface area contributed by atoms with Crippen LogP contribution in [0, 0.1) is 6.92 Å². The largest absolute Gasteiger partial charge is 0.366 e. The molecule has 0 spiro atoms. The fraction of sp³-hybridized carbons (Fsp3) is 0.400. The maximum absolute atomic E-state index is 12.9. The first-order valence-electron chi connectivity index (χ1n) is 11.7. The Kier molecular flexibility index (Phi) is 7.11. The molecular weight excluding hydrogens is 444 g/mol. The molecule has 35 heavy (non-hydrogen) atoms. The van der Waals surface area contributed by atoms with E-state index in [1.54, 1.807) is 29.1 Å². The summed E-state index contributed by atoms with van der Waals surface area (Å²) in [6.07, 6.45) is 4.69. The topological polar surface area (TPSA) is 122 Å². The van der Waals surface area contributed by atoms with Gasteiger partial charge in [-0.2, -0.15) is 5.10 Å². The number of anilines is 2. The second kappa shape index (κ2) is 10.2. The Balaban J connectivity index is 1.67. The van der Waals surface area contributed by atoms with Gasteiger partial charge in [0, 0.05) is 50.2 Å². The van der Waals surface area contributed by atoms with E-state index in [9.17, 15) is 9.59 Å². The molecule has 4 rings (SSSR count). The Labute approximate surface area is 205 Å². The fourth-order valence-corrected chi connectivity index (χ4v) is 4.40. The van der Waals surface area contributed by atoms with Gasteiger partial charge in [0.15, 0.2) is 5.82 Å². The summed E-state index contributed by atoms with van der Waals surface area (Å²) in [7, 11) is 5.64. The zero-order valence-corrected chi connectivity index (χ0v) is 20.7. The number of amides is 2. The molecule has 3 heterocycles. The highest BCUT2D eigenvalue weighted by molar-refractivity contribution is 5.94. The molecule has 0 unspecified atom stereocenters. The van der Waals surface area contributed by atoms with Crippen LogP contribution in [0.15, 0.2) is 36.5 Å². The van der Waals surface area contributed by atoms with Gasteiger partial charge in [-0.05, 0) is 44.0 Å². The Morgan fingerprint density at radius 2 is 2.03 bits per heavy atom. The molecule has 10 nitrogen and oxygen atoms in total. The van der Waals surface area contributed by atoms with Crippen molar-refractivity contribution < 1.29 is 9.59 Å². The third kappa shape index (κ3) is 5.48. The number of rotatable bonds is 7. The first kappa shape index (κ1) is 24.3. The number of likely N-dealkylation sites (tertiary alicyclic amines) is 1. The van der Waals surface area contributed by atoms with Crippen LogP contribution in [0.5, 0.6) is 0 Å². The molecule has 2 amide bonds. The number of primary amides is 1. The number of aromatic nitrogens is 4. The highest BCUT2D eigenvalue weighted by Crippen LogP contribution is 2.36. The highest BCUT2D eigenvalue weighted by Gasteiger charge is 2.30. The van der Waals surface area contributed by atoms with Gasteiger partial charge in [0.25, 0.3) is 0 Å². The van der Waals surface area contributed by atoms with Crippen molar-refractivity contribution in [1.82, 2.24) is 24.6 Å². The summed E-state index contributed by atoms with van der Waals surface area (Å²) in [4.78, 5) is 38.2. The minimum absolute atomic E-state index is 0.0751. The number of hydrogen-bond acceptors (Lipinski definition) is 7. The average molecular weight is 477 g/mol. The van der Waals surface area contributed by atoms with E-state index in [4.69, 9.17) is 10.7 Å². The number of nitrogens with one attached hydrogen (secondary N) is 1. The number of nitrogens with zero attached hydrogens (tertiary/aromatic N) is 6. The molecule has 1 atom stereocenters. The van der Waals surface area contributed by atoms with E-state index >= 15 is 0 Å². The van der Waals surface area contributed by atoms with E-state index in [2.05, 4.69) is 20.3 Å². The predicted molar refractivity (Wildman–Crippen MR) is 135 cm³/mol. The third-order valence-electron chi connectivity index (χ3n) is 6.32. The normalized spacial score (nSPS) is 16.2. The molecule has 3 aromatic rings. The number of piperidine rings is 1. The van der Waals surface area contributed by atoms with E-state index in [1.165, 1.54) is 0 Å². The predicted octanol–water partition coefficient (Wildman–Crippen LogP) is 2.52. The van der Waals surface area contributed by atoms with Crippen LogP contribution in [-0.4, -0.2) is 63.6 Å². The molecule has 1 aromatic carbocycles. The van der Waals surface area contributed by atoms with Gasteiger partial charge in [-0.3, -0.25) is 19.2 Å². The fourth-order valence-electron chi connectivity index (χ4n) is 4.40. The zero-order valence-electron chi connectivity index (χ0n) is 20.7. The molecule has 184 valence electrons. The van der Waals surface area contributed by atoms with E-state index in [0.29, 0.717) is 17.3 Å². The van der Waals surface area contributed by atoms with E-state index in [1.807, 2.05) is 45.1 Å². The van der Waals surface area contributed by atoms with Gasteiger partial charge < -0.3 is 16.0 Å². The quantitative estimate of drug-likeness (QED) is 0.537. The smallest absolute Gasteiger partial charge is 0.248 e. The van der Waals surface area contributed by atoms with Crippen molar-refractivity contribution in [1.29, 1.82) is 0 Å².